The molecule has 0 heterocycles. The van der Waals surface area contributed by atoms with Gasteiger partial charge in [-0.05, 0) is 64.3 Å². The molecule has 112 valence electrons. The molecular weight excluding hydrogens is 392 g/mol. The molecule has 0 aromatic heterocycles. The Balaban J connectivity index is 2.41. The maximum atomic E-state index is 6.21. The Kier molecular flexibility index (Phi) is 6.39. The van der Waals surface area contributed by atoms with E-state index >= 15 is 0 Å². The van der Waals surface area contributed by atoms with Crippen LogP contribution in [0, 0.1) is 0 Å². The molecule has 0 spiro atoms. The van der Waals surface area contributed by atoms with Gasteiger partial charge < -0.3 is 5.32 Å². The van der Waals surface area contributed by atoms with E-state index in [0.717, 1.165) is 28.6 Å². The molecule has 0 fully saturated rings. The van der Waals surface area contributed by atoms with Crippen molar-refractivity contribution in [1.82, 2.24) is 5.32 Å². The van der Waals surface area contributed by atoms with Crippen molar-refractivity contribution in [1.29, 1.82) is 0 Å². The molecule has 0 aliphatic rings. The van der Waals surface area contributed by atoms with Gasteiger partial charge in [0.15, 0.2) is 0 Å². The van der Waals surface area contributed by atoms with Crippen LogP contribution in [0.15, 0.2) is 40.9 Å². The number of hydrogen-bond acceptors (Lipinski definition) is 1. The molecule has 0 bridgehead atoms. The summed E-state index contributed by atoms with van der Waals surface area (Å²) in [6.07, 6.45) is 1.04. The monoisotopic (exact) mass is 405 g/mol. The minimum Gasteiger partial charge on any atom is -0.306 e. The summed E-state index contributed by atoms with van der Waals surface area (Å²) in [5.41, 5.74) is 2.16. The van der Waals surface area contributed by atoms with Crippen LogP contribution in [0.25, 0.3) is 0 Å². The van der Waals surface area contributed by atoms with Crippen molar-refractivity contribution in [3.63, 3.8) is 0 Å². The van der Waals surface area contributed by atoms with Crippen molar-refractivity contribution >= 4 is 50.7 Å². The van der Waals surface area contributed by atoms with Gasteiger partial charge in [-0.2, -0.15) is 0 Å². The molecule has 5 heteroatoms. The van der Waals surface area contributed by atoms with Crippen molar-refractivity contribution < 1.29 is 0 Å². The zero-order valence-corrected chi connectivity index (χ0v) is 15.3. The smallest absolute Gasteiger partial charge is 0.0595 e. The highest BCUT2D eigenvalue weighted by Gasteiger charge is 2.15. The molecule has 1 unspecified atom stereocenters. The highest BCUT2D eigenvalue weighted by molar-refractivity contribution is 9.10. The van der Waals surface area contributed by atoms with Crippen LogP contribution in [0.2, 0.25) is 15.1 Å². The lowest BCUT2D eigenvalue weighted by atomic mass is 9.98. The molecule has 0 aliphatic heterocycles. The Morgan fingerprint density at radius 2 is 1.57 bits per heavy atom. The van der Waals surface area contributed by atoms with Gasteiger partial charge in [-0.25, -0.2) is 0 Å². The Hall–Kier alpha value is -0.250. The highest BCUT2D eigenvalue weighted by atomic mass is 79.9. The number of rotatable bonds is 5. The van der Waals surface area contributed by atoms with Gasteiger partial charge in [0.1, 0.15) is 0 Å². The van der Waals surface area contributed by atoms with E-state index in [1.165, 1.54) is 0 Å². The summed E-state index contributed by atoms with van der Waals surface area (Å²) < 4.78 is 0.885. The van der Waals surface area contributed by atoms with Gasteiger partial charge >= 0.3 is 0 Å². The lowest BCUT2D eigenvalue weighted by Gasteiger charge is -2.20. The lowest BCUT2D eigenvalue weighted by Crippen LogP contribution is -2.23. The standard InChI is InChI=1S/C16H15BrCl3N/c1-2-7-21-16(10-3-5-12(17)14(19)8-10)11-4-6-13(18)15(20)9-11/h3-6,8-9,16,21H,2,7H2,1H3. The maximum absolute atomic E-state index is 6.21. The van der Waals surface area contributed by atoms with Crippen LogP contribution in [-0.4, -0.2) is 6.54 Å². The van der Waals surface area contributed by atoms with E-state index in [0.29, 0.717) is 15.1 Å². The van der Waals surface area contributed by atoms with Crippen molar-refractivity contribution in [2.75, 3.05) is 6.54 Å². The molecular formula is C16H15BrCl3N. The average Bonchev–Trinajstić information content (AvgIpc) is 2.46. The molecule has 2 aromatic rings. The normalized spacial score (nSPS) is 12.4. The van der Waals surface area contributed by atoms with Gasteiger partial charge in [-0.15, -0.1) is 0 Å². The van der Waals surface area contributed by atoms with Crippen LogP contribution in [0.5, 0.6) is 0 Å². The first-order valence-corrected chi connectivity index (χ1v) is 8.59. The first kappa shape index (κ1) is 17.1. The van der Waals surface area contributed by atoms with E-state index in [-0.39, 0.29) is 6.04 Å². The predicted octanol–water partition coefficient (Wildman–Crippen LogP) is 6.50. The Morgan fingerprint density at radius 3 is 2.14 bits per heavy atom. The summed E-state index contributed by atoms with van der Waals surface area (Å²) >= 11 is 21.8. The van der Waals surface area contributed by atoms with Gasteiger partial charge in [0, 0.05) is 4.47 Å². The molecule has 1 nitrogen and oxygen atoms in total. The number of hydrogen-bond donors (Lipinski definition) is 1. The van der Waals surface area contributed by atoms with Crippen LogP contribution >= 0.6 is 50.7 Å². The summed E-state index contributed by atoms with van der Waals surface area (Å²) in [6.45, 7) is 3.03. The third-order valence-corrected chi connectivity index (χ3v) is 5.12. The van der Waals surface area contributed by atoms with Crippen LogP contribution < -0.4 is 5.32 Å². The Labute approximate surface area is 148 Å². The van der Waals surface area contributed by atoms with Crippen molar-refractivity contribution in [3.05, 3.63) is 67.1 Å². The first-order chi connectivity index (χ1) is 10.0. The fraction of sp³-hybridized carbons (Fsp3) is 0.250. The zero-order valence-electron chi connectivity index (χ0n) is 11.5. The second kappa shape index (κ2) is 7.85. The maximum Gasteiger partial charge on any atom is 0.0595 e. The molecule has 21 heavy (non-hydrogen) atoms. The van der Waals surface area contributed by atoms with E-state index in [1.807, 2.05) is 36.4 Å². The zero-order chi connectivity index (χ0) is 15.4. The fourth-order valence-corrected chi connectivity index (χ4v) is 2.84. The van der Waals surface area contributed by atoms with E-state index in [4.69, 9.17) is 34.8 Å². The van der Waals surface area contributed by atoms with E-state index in [1.54, 1.807) is 0 Å². The summed E-state index contributed by atoms with van der Waals surface area (Å²) in [4.78, 5) is 0. The quantitative estimate of drug-likeness (QED) is 0.597. The summed E-state index contributed by atoms with van der Waals surface area (Å²) in [6, 6.07) is 11.7. The van der Waals surface area contributed by atoms with Crippen LogP contribution in [-0.2, 0) is 0 Å². The number of halogens is 4. The Morgan fingerprint density at radius 1 is 0.952 bits per heavy atom. The molecule has 0 saturated carbocycles. The lowest BCUT2D eigenvalue weighted by molar-refractivity contribution is 0.598. The summed E-state index contributed by atoms with van der Waals surface area (Å²) in [5.74, 6) is 0. The molecule has 0 aliphatic carbocycles. The van der Waals surface area contributed by atoms with Gasteiger partial charge in [-0.3, -0.25) is 0 Å². The molecule has 2 aromatic carbocycles. The van der Waals surface area contributed by atoms with Crippen LogP contribution in [0.4, 0.5) is 0 Å². The first-order valence-electron chi connectivity index (χ1n) is 6.66. The summed E-state index contributed by atoms with van der Waals surface area (Å²) in [7, 11) is 0. The second-order valence-corrected chi connectivity index (χ2v) is 6.81. The SMILES string of the molecule is CCCNC(c1ccc(Cl)c(Cl)c1)c1ccc(Br)c(Cl)c1. The average molecular weight is 408 g/mol. The minimum absolute atomic E-state index is 0.0327. The highest BCUT2D eigenvalue weighted by Crippen LogP contribution is 2.32. The van der Waals surface area contributed by atoms with Gasteiger partial charge in [0.2, 0.25) is 0 Å². The van der Waals surface area contributed by atoms with Crippen molar-refractivity contribution in [3.8, 4) is 0 Å². The molecule has 0 amide bonds. The summed E-state index contributed by atoms with van der Waals surface area (Å²) in [5, 5.41) is 5.33. The van der Waals surface area contributed by atoms with E-state index < -0.39 is 0 Å². The molecule has 1 atom stereocenters. The third-order valence-electron chi connectivity index (χ3n) is 3.15. The molecule has 0 saturated heterocycles. The fourth-order valence-electron chi connectivity index (χ4n) is 2.10. The largest absolute Gasteiger partial charge is 0.306 e. The predicted molar refractivity (Wildman–Crippen MR) is 95.8 cm³/mol. The van der Waals surface area contributed by atoms with Crippen molar-refractivity contribution in [2.45, 2.75) is 19.4 Å². The van der Waals surface area contributed by atoms with Gasteiger partial charge in [0.05, 0.1) is 21.1 Å². The van der Waals surface area contributed by atoms with Gasteiger partial charge in [-0.1, -0.05) is 53.9 Å². The number of benzene rings is 2. The molecule has 0 radical (unpaired) electrons. The van der Waals surface area contributed by atoms with E-state index in [2.05, 4.69) is 28.2 Å². The topological polar surface area (TPSA) is 12.0 Å². The third kappa shape index (κ3) is 4.37. The molecule has 1 N–H and O–H groups in total. The second-order valence-electron chi connectivity index (χ2n) is 4.73. The van der Waals surface area contributed by atoms with E-state index in [9.17, 15) is 0 Å². The Bertz CT molecular complexity index is 579. The van der Waals surface area contributed by atoms with Gasteiger partial charge in [0.25, 0.3) is 0 Å². The van der Waals surface area contributed by atoms with Crippen molar-refractivity contribution in [2.24, 2.45) is 0 Å². The van der Waals surface area contributed by atoms with Crippen LogP contribution in [0.1, 0.15) is 30.5 Å². The number of nitrogens with one attached hydrogen (secondary N) is 1. The minimum atomic E-state index is 0.0327. The van der Waals surface area contributed by atoms with Crippen LogP contribution in [0.3, 0.4) is 0 Å². The molecule has 2 rings (SSSR count).